The maximum Gasteiger partial charge on any atom is 0.327 e. The quantitative estimate of drug-likeness (QED) is 0.742. The van der Waals surface area contributed by atoms with Crippen LogP contribution in [-0.2, 0) is 9.53 Å². The van der Waals surface area contributed by atoms with Gasteiger partial charge in [-0.3, -0.25) is 0 Å². The largest absolute Gasteiger partial charge is 0.459 e. The predicted molar refractivity (Wildman–Crippen MR) is 76.9 cm³/mol. The predicted octanol–water partition coefficient (Wildman–Crippen LogP) is 3.13. The number of esters is 1. The molecule has 1 aliphatic carbocycles. The normalized spacial score (nSPS) is 35.3. The zero-order valence-corrected chi connectivity index (χ0v) is 13.3. The molecule has 19 heavy (non-hydrogen) atoms. The Bertz CT molecular complexity index is 364. The van der Waals surface area contributed by atoms with Gasteiger partial charge in [0.2, 0.25) is 0 Å². The lowest BCUT2D eigenvalue weighted by molar-refractivity contribution is -0.170. The van der Waals surface area contributed by atoms with Gasteiger partial charge in [0, 0.05) is 0 Å². The van der Waals surface area contributed by atoms with E-state index in [1.807, 2.05) is 20.8 Å². The number of ether oxygens (including phenoxy) is 1. The van der Waals surface area contributed by atoms with Crippen LogP contribution < -0.4 is 5.32 Å². The van der Waals surface area contributed by atoms with E-state index in [2.05, 4.69) is 26.1 Å². The van der Waals surface area contributed by atoms with Gasteiger partial charge in [-0.2, -0.15) is 0 Å². The zero-order chi connectivity index (χ0) is 14.5. The van der Waals surface area contributed by atoms with Gasteiger partial charge in [0.25, 0.3) is 0 Å². The molecule has 0 spiro atoms. The molecule has 0 aromatic heterocycles. The third kappa shape index (κ3) is 2.42. The Labute approximate surface area is 117 Å². The van der Waals surface area contributed by atoms with E-state index < -0.39 is 11.1 Å². The van der Waals surface area contributed by atoms with E-state index in [4.69, 9.17) is 4.74 Å². The van der Waals surface area contributed by atoms with Gasteiger partial charge in [-0.05, 0) is 57.4 Å². The van der Waals surface area contributed by atoms with Crippen molar-refractivity contribution in [3.63, 3.8) is 0 Å². The summed E-state index contributed by atoms with van der Waals surface area (Å²) in [6.45, 7) is 13.3. The van der Waals surface area contributed by atoms with Crippen molar-refractivity contribution in [3.05, 3.63) is 0 Å². The summed E-state index contributed by atoms with van der Waals surface area (Å²) < 4.78 is 5.76. The summed E-state index contributed by atoms with van der Waals surface area (Å²) in [5.41, 5.74) is -1.06. The number of rotatable bonds is 1. The molecule has 0 bridgehead atoms. The van der Waals surface area contributed by atoms with Crippen LogP contribution in [0.25, 0.3) is 0 Å². The fourth-order valence-corrected chi connectivity index (χ4v) is 3.98. The molecule has 3 atom stereocenters. The highest BCUT2D eigenvalue weighted by Crippen LogP contribution is 2.51. The Morgan fingerprint density at radius 1 is 1.16 bits per heavy atom. The maximum atomic E-state index is 12.9. The van der Waals surface area contributed by atoms with Crippen LogP contribution in [0.2, 0.25) is 0 Å². The minimum absolute atomic E-state index is 0.0538. The molecule has 3 nitrogen and oxygen atoms in total. The van der Waals surface area contributed by atoms with E-state index in [1.54, 1.807) is 0 Å². The fraction of sp³-hybridized carbons (Fsp3) is 0.938. The smallest absolute Gasteiger partial charge is 0.327 e. The van der Waals surface area contributed by atoms with E-state index in [1.165, 1.54) is 12.8 Å². The molecule has 1 aliphatic heterocycles. The van der Waals surface area contributed by atoms with Crippen molar-refractivity contribution < 1.29 is 9.53 Å². The van der Waals surface area contributed by atoms with Gasteiger partial charge in [-0.1, -0.05) is 27.2 Å². The van der Waals surface area contributed by atoms with E-state index in [0.717, 1.165) is 13.0 Å². The van der Waals surface area contributed by atoms with Gasteiger partial charge in [-0.25, -0.2) is 4.79 Å². The summed E-state index contributed by atoms with van der Waals surface area (Å²) in [5, 5.41) is 3.56. The molecule has 1 N–H and O–H groups in total. The Morgan fingerprint density at radius 3 is 2.32 bits per heavy atom. The van der Waals surface area contributed by atoms with Gasteiger partial charge < -0.3 is 10.1 Å². The molecule has 0 aromatic rings. The lowest BCUT2D eigenvalue weighted by atomic mass is 9.65. The molecule has 110 valence electrons. The zero-order valence-electron chi connectivity index (χ0n) is 13.3. The minimum atomic E-state index is -0.512. The van der Waals surface area contributed by atoms with Gasteiger partial charge in [0.15, 0.2) is 0 Å². The van der Waals surface area contributed by atoms with Gasteiger partial charge >= 0.3 is 5.97 Å². The van der Waals surface area contributed by atoms with Crippen LogP contribution in [0.3, 0.4) is 0 Å². The first-order chi connectivity index (χ1) is 8.58. The highest BCUT2D eigenvalue weighted by atomic mass is 16.6. The fourth-order valence-electron chi connectivity index (χ4n) is 3.98. The average Bonchev–Trinajstić information content (AvgIpc) is 2.70. The Kier molecular flexibility index (Phi) is 3.49. The van der Waals surface area contributed by atoms with Crippen LogP contribution in [-0.4, -0.2) is 23.7 Å². The van der Waals surface area contributed by atoms with Gasteiger partial charge in [0.05, 0.1) is 0 Å². The van der Waals surface area contributed by atoms with Crippen LogP contribution in [0.4, 0.5) is 0 Å². The van der Waals surface area contributed by atoms with E-state index in [9.17, 15) is 4.79 Å². The summed E-state index contributed by atoms with van der Waals surface area (Å²) in [4.78, 5) is 12.9. The molecule has 0 unspecified atom stereocenters. The highest BCUT2D eigenvalue weighted by Gasteiger charge is 2.61. The first-order valence-corrected chi connectivity index (χ1v) is 7.56. The molecule has 0 radical (unpaired) electrons. The third-order valence-electron chi connectivity index (χ3n) is 4.76. The summed E-state index contributed by atoms with van der Waals surface area (Å²) >= 11 is 0. The van der Waals surface area contributed by atoms with E-state index >= 15 is 0 Å². The first-order valence-electron chi connectivity index (χ1n) is 7.56. The lowest BCUT2D eigenvalue weighted by Crippen LogP contribution is -2.62. The molecule has 0 aromatic carbocycles. The number of fused-ring (bicyclic) bond motifs is 1. The van der Waals surface area contributed by atoms with Crippen molar-refractivity contribution in [3.8, 4) is 0 Å². The van der Waals surface area contributed by atoms with E-state index in [0.29, 0.717) is 11.8 Å². The summed E-state index contributed by atoms with van der Waals surface area (Å²) in [6.07, 6.45) is 3.64. The number of carbonyl (C=O) groups excluding carboxylic acids is 1. The minimum Gasteiger partial charge on any atom is -0.459 e. The van der Waals surface area contributed by atoms with Crippen molar-refractivity contribution >= 4 is 5.97 Å². The summed E-state index contributed by atoms with van der Waals surface area (Å²) in [6, 6.07) is 0. The molecule has 3 heteroatoms. The number of nitrogens with one attached hydrogen (secondary N) is 1. The standard InChI is InChI=1S/C16H29NO2/c1-14(2,3)16(13(18)19-15(4,5)6)12-9-7-8-11(12)10-17-16/h11-12,17H,7-10H2,1-6H3/t11-,12-,16+/m0/s1. The van der Waals surface area contributed by atoms with Gasteiger partial charge in [-0.15, -0.1) is 0 Å². The number of hydrogen-bond acceptors (Lipinski definition) is 3. The molecule has 1 saturated heterocycles. The van der Waals surface area contributed by atoms with Crippen molar-refractivity contribution in [2.45, 2.75) is 71.9 Å². The van der Waals surface area contributed by atoms with Crippen LogP contribution in [0.1, 0.15) is 60.8 Å². The second-order valence-electron chi connectivity index (χ2n) is 8.24. The molecule has 2 aliphatic rings. The average molecular weight is 267 g/mol. The highest BCUT2D eigenvalue weighted by molar-refractivity contribution is 5.83. The molecule has 1 saturated carbocycles. The van der Waals surface area contributed by atoms with Crippen LogP contribution in [0.15, 0.2) is 0 Å². The Hall–Kier alpha value is -0.570. The number of carbonyl (C=O) groups is 1. The summed E-state index contributed by atoms with van der Waals surface area (Å²) in [7, 11) is 0. The van der Waals surface area contributed by atoms with Crippen molar-refractivity contribution in [2.75, 3.05) is 6.54 Å². The molecule has 0 amide bonds. The van der Waals surface area contributed by atoms with Crippen LogP contribution in [0.5, 0.6) is 0 Å². The van der Waals surface area contributed by atoms with Gasteiger partial charge in [0.1, 0.15) is 11.1 Å². The first kappa shape index (κ1) is 14.8. The Balaban J connectivity index is 2.34. The molecular formula is C16H29NO2. The molecule has 2 rings (SSSR count). The maximum absolute atomic E-state index is 12.9. The molecule has 2 fully saturated rings. The SMILES string of the molecule is CC(C)(C)OC(=O)[C@]1(C(C)(C)C)NC[C@@H]2CCC[C@@H]21. The van der Waals surface area contributed by atoms with Crippen molar-refractivity contribution in [2.24, 2.45) is 17.3 Å². The van der Waals surface area contributed by atoms with Crippen molar-refractivity contribution in [1.82, 2.24) is 5.32 Å². The molecular weight excluding hydrogens is 238 g/mol. The second-order valence-corrected chi connectivity index (χ2v) is 8.24. The topological polar surface area (TPSA) is 38.3 Å². The Morgan fingerprint density at radius 2 is 1.79 bits per heavy atom. The van der Waals surface area contributed by atoms with E-state index in [-0.39, 0.29) is 11.4 Å². The molecule has 1 heterocycles. The van der Waals surface area contributed by atoms with Crippen LogP contribution in [0, 0.1) is 17.3 Å². The van der Waals surface area contributed by atoms with Crippen LogP contribution >= 0.6 is 0 Å². The number of hydrogen-bond donors (Lipinski definition) is 1. The second kappa shape index (κ2) is 4.47. The monoisotopic (exact) mass is 267 g/mol. The third-order valence-corrected chi connectivity index (χ3v) is 4.76. The summed E-state index contributed by atoms with van der Waals surface area (Å²) in [5.74, 6) is 1.02. The lowest BCUT2D eigenvalue weighted by Gasteiger charge is -2.45. The van der Waals surface area contributed by atoms with Crippen molar-refractivity contribution in [1.29, 1.82) is 0 Å².